The van der Waals surface area contributed by atoms with E-state index in [2.05, 4.69) is 43.8 Å². The maximum absolute atomic E-state index is 11.8. The zero-order valence-electron chi connectivity index (χ0n) is 17.8. The SMILES string of the molecule is COc1cc2c(cc1Nc1nnc(C(N)=O)c(Nc3ccccc3C)n1)CCN(C)C2. The minimum atomic E-state index is -0.710. The Morgan fingerprint density at radius 2 is 1.94 bits per heavy atom. The lowest BCUT2D eigenvalue weighted by atomic mass is 9.99. The molecule has 0 aliphatic carbocycles. The first-order chi connectivity index (χ1) is 14.9. The van der Waals surface area contributed by atoms with Gasteiger partial charge in [-0.25, -0.2) is 0 Å². The molecular weight excluding hydrogens is 394 g/mol. The Labute approximate surface area is 180 Å². The lowest BCUT2D eigenvalue weighted by molar-refractivity contribution is 0.0995. The van der Waals surface area contributed by atoms with Gasteiger partial charge in [-0.3, -0.25) is 4.79 Å². The number of hydrogen-bond donors (Lipinski definition) is 3. The fourth-order valence-electron chi connectivity index (χ4n) is 3.59. The number of primary amides is 1. The second kappa shape index (κ2) is 8.57. The summed E-state index contributed by atoms with van der Waals surface area (Å²) >= 11 is 0. The number of para-hydroxylation sites is 1. The van der Waals surface area contributed by atoms with E-state index in [0.29, 0.717) is 5.75 Å². The van der Waals surface area contributed by atoms with Crippen LogP contribution in [-0.4, -0.2) is 46.7 Å². The summed E-state index contributed by atoms with van der Waals surface area (Å²) in [6.07, 6.45) is 0.949. The number of carbonyl (C=O) groups excluding carboxylic acids is 1. The maximum atomic E-state index is 11.8. The van der Waals surface area contributed by atoms with Crippen LogP contribution in [0.3, 0.4) is 0 Å². The third-order valence-corrected chi connectivity index (χ3v) is 5.29. The van der Waals surface area contributed by atoms with Crippen molar-refractivity contribution in [3.63, 3.8) is 0 Å². The van der Waals surface area contributed by atoms with Gasteiger partial charge in [0.2, 0.25) is 5.95 Å². The number of aromatic nitrogens is 3. The van der Waals surface area contributed by atoms with Gasteiger partial charge in [-0.05, 0) is 55.3 Å². The molecule has 0 spiro atoms. The molecule has 2 aromatic carbocycles. The van der Waals surface area contributed by atoms with E-state index < -0.39 is 5.91 Å². The molecule has 4 N–H and O–H groups in total. The Hall–Kier alpha value is -3.72. The number of aryl methyl sites for hydroxylation is 1. The lowest BCUT2D eigenvalue weighted by Crippen LogP contribution is -2.26. The average molecular weight is 419 g/mol. The minimum Gasteiger partial charge on any atom is -0.495 e. The van der Waals surface area contributed by atoms with Gasteiger partial charge in [0.1, 0.15) is 5.75 Å². The van der Waals surface area contributed by atoms with E-state index in [1.807, 2.05) is 37.3 Å². The van der Waals surface area contributed by atoms with E-state index in [9.17, 15) is 4.79 Å². The highest BCUT2D eigenvalue weighted by Gasteiger charge is 2.19. The predicted molar refractivity (Wildman–Crippen MR) is 119 cm³/mol. The molecule has 0 bridgehead atoms. The number of hydrogen-bond acceptors (Lipinski definition) is 8. The van der Waals surface area contributed by atoms with Crippen LogP contribution in [0.2, 0.25) is 0 Å². The van der Waals surface area contributed by atoms with Crippen LogP contribution in [0, 0.1) is 6.92 Å². The number of amides is 1. The number of ether oxygens (including phenoxy) is 1. The normalized spacial score (nSPS) is 13.4. The standard InChI is InChI=1S/C22H25N7O2/c1-13-6-4-5-7-16(13)24-21-19(20(23)30)27-28-22(26-21)25-17-10-14-8-9-29(2)12-15(14)11-18(17)31-3/h4-7,10-11H,8-9,12H2,1-3H3,(H2,23,30)(H2,24,25,26,28). The monoisotopic (exact) mass is 419 g/mol. The summed E-state index contributed by atoms with van der Waals surface area (Å²) in [5.74, 6) is 0.438. The van der Waals surface area contributed by atoms with Crippen molar-refractivity contribution in [3.8, 4) is 5.75 Å². The van der Waals surface area contributed by atoms with Gasteiger partial charge in [0, 0.05) is 18.8 Å². The van der Waals surface area contributed by atoms with Crippen molar-refractivity contribution in [2.45, 2.75) is 19.9 Å². The van der Waals surface area contributed by atoms with Gasteiger partial charge >= 0.3 is 0 Å². The second-order valence-corrected chi connectivity index (χ2v) is 7.57. The van der Waals surface area contributed by atoms with Crippen molar-refractivity contribution in [2.24, 2.45) is 5.73 Å². The highest BCUT2D eigenvalue weighted by atomic mass is 16.5. The summed E-state index contributed by atoms with van der Waals surface area (Å²) in [5.41, 5.74) is 10.5. The van der Waals surface area contributed by atoms with Crippen LogP contribution in [0.25, 0.3) is 0 Å². The first-order valence-corrected chi connectivity index (χ1v) is 9.97. The summed E-state index contributed by atoms with van der Waals surface area (Å²) in [5, 5.41) is 14.4. The molecule has 2 heterocycles. The van der Waals surface area contributed by atoms with E-state index in [1.165, 1.54) is 11.1 Å². The Morgan fingerprint density at radius 1 is 1.13 bits per heavy atom. The number of nitrogens with two attached hydrogens (primary N) is 1. The Morgan fingerprint density at radius 3 is 2.68 bits per heavy atom. The summed E-state index contributed by atoms with van der Waals surface area (Å²) < 4.78 is 5.58. The molecule has 0 saturated carbocycles. The van der Waals surface area contributed by atoms with Crippen molar-refractivity contribution in [3.05, 3.63) is 58.8 Å². The van der Waals surface area contributed by atoms with E-state index in [4.69, 9.17) is 10.5 Å². The van der Waals surface area contributed by atoms with Crippen molar-refractivity contribution in [1.82, 2.24) is 20.1 Å². The first kappa shape index (κ1) is 20.5. The molecule has 160 valence electrons. The van der Waals surface area contributed by atoms with Crippen LogP contribution >= 0.6 is 0 Å². The van der Waals surface area contributed by atoms with Crippen LogP contribution in [0.5, 0.6) is 5.75 Å². The number of rotatable bonds is 6. The maximum Gasteiger partial charge on any atom is 0.273 e. The van der Waals surface area contributed by atoms with Crippen LogP contribution in [0.15, 0.2) is 36.4 Å². The highest BCUT2D eigenvalue weighted by Crippen LogP contribution is 2.33. The van der Waals surface area contributed by atoms with Crippen molar-refractivity contribution in [1.29, 1.82) is 0 Å². The predicted octanol–water partition coefficient (Wildman–Crippen LogP) is 2.76. The molecule has 0 atom stereocenters. The van der Waals surface area contributed by atoms with Crippen LogP contribution in [0.1, 0.15) is 27.2 Å². The highest BCUT2D eigenvalue weighted by molar-refractivity contribution is 5.96. The molecule has 9 heteroatoms. The number of methoxy groups -OCH3 is 1. The number of likely N-dealkylation sites (N-methyl/N-ethyl adjacent to an activating group) is 1. The molecule has 1 aliphatic rings. The van der Waals surface area contributed by atoms with E-state index >= 15 is 0 Å². The number of nitrogens with zero attached hydrogens (tertiary/aromatic N) is 4. The van der Waals surface area contributed by atoms with Gasteiger partial charge in [-0.1, -0.05) is 18.2 Å². The van der Waals surface area contributed by atoms with Crippen molar-refractivity contribution >= 4 is 29.0 Å². The van der Waals surface area contributed by atoms with Crippen molar-refractivity contribution < 1.29 is 9.53 Å². The minimum absolute atomic E-state index is 0.0331. The zero-order chi connectivity index (χ0) is 22.0. The molecule has 1 aliphatic heterocycles. The smallest absolute Gasteiger partial charge is 0.273 e. The third-order valence-electron chi connectivity index (χ3n) is 5.29. The van der Waals surface area contributed by atoms with E-state index in [0.717, 1.165) is 36.4 Å². The van der Waals surface area contributed by atoms with E-state index in [-0.39, 0.29) is 17.5 Å². The topological polar surface area (TPSA) is 118 Å². The fourth-order valence-corrected chi connectivity index (χ4v) is 3.59. The third kappa shape index (κ3) is 4.41. The Bertz CT molecular complexity index is 1130. The van der Waals surface area contributed by atoms with E-state index in [1.54, 1.807) is 7.11 Å². The van der Waals surface area contributed by atoms with Crippen LogP contribution < -0.4 is 21.1 Å². The molecule has 0 radical (unpaired) electrons. The zero-order valence-corrected chi connectivity index (χ0v) is 17.8. The van der Waals surface area contributed by atoms with Gasteiger partial charge < -0.3 is 26.0 Å². The summed E-state index contributed by atoms with van der Waals surface area (Å²) in [6, 6.07) is 11.8. The molecule has 0 saturated heterocycles. The molecule has 9 nitrogen and oxygen atoms in total. The number of anilines is 4. The summed E-state index contributed by atoms with van der Waals surface area (Å²) in [7, 11) is 3.73. The van der Waals surface area contributed by atoms with Crippen molar-refractivity contribution in [2.75, 3.05) is 31.3 Å². The first-order valence-electron chi connectivity index (χ1n) is 9.97. The molecule has 4 rings (SSSR count). The number of carbonyl (C=O) groups is 1. The molecule has 3 aromatic rings. The molecular formula is C22H25N7O2. The van der Waals surface area contributed by atoms with Gasteiger partial charge in [-0.2, -0.15) is 4.98 Å². The van der Waals surface area contributed by atoms with Crippen LogP contribution in [-0.2, 0) is 13.0 Å². The lowest BCUT2D eigenvalue weighted by Gasteiger charge is -2.26. The number of benzene rings is 2. The Kier molecular flexibility index (Phi) is 5.68. The quantitative estimate of drug-likeness (QED) is 0.558. The number of nitrogens with one attached hydrogen (secondary N) is 2. The van der Waals surface area contributed by atoms with Gasteiger partial charge in [0.15, 0.2) is 11.5 Å². The molecule has 0 unspecified atom stereocenters. The average Bonchev–Trinajstić information content (AvgIpc) is 2.75. The van der Waals surface area contributed by atoms with Crippen LogP contribution in [0.4, 0.5) is 23.1 Å². The fraction of sp³-hybridized carbons (Fsp3) is 0.273. The largest absolute Gasteiger partial charge is 0.495 e. The molecule has 31 heavy (non-hydrogen) atoms. The summed E-state index contributed by atoms with van der Waals surface area (Å²) in [6.45, 7) is 3.83. The Balaban J connectivity index is 1.68. The summed E-state index contributed by atoms with van der Waals surface area (Å²) in [4.78, 5) is 18.6. The molecule has 0 fully saturated rings. The number of fused-ring (bicyclic) bond motifs is 1. The van der Waals surface area contributed by atoms with Gasteiger partial charge in [-0.15, -0.1) is 10.2 Å². The molecule has 1 aromatic heterocycles. The molecule has 1 amide bonds. The second-order valence-electron chi connectivity index (χ2n) is 7.57. The van der Waals surface area contributed by atoms with Gasteiger partial charge in [0.25, 0.3) is 5.91 Å². The van der Waals surface area contributed by atoms with Gasteiger partial charge in [0.05, 0.1) is 12.8 Å².